The Labute approximate surface area is 173 Å². The van der Waals surface area contributed by atoms with Gasteiger partial charge in [-0.05, 0) is 6.07 Å². The average molecular weight is 434 g/mol. The summed E-state index contributed by atoms with van der Waals surface area (Å²) in [6.07, 6.45) is -6.00. The third-order valence-corrected chi connectivity index (χ3v) is 4.83. The fourth-order valence-corrected chi connectivity index (χ4v) is 3.24. The average Bonchev–Trinajstić information content (AvgIpc) is 2.70. The van der Waals surface area contributed by atoms with Gasteiger partial charge in [0.25, 0.3) is 0 Å². The predicted octanol–water partition coefficient (Wildman–Crippen LogP) is 0.100. The molecule has 0 spiro atoms. The summed E-state index contributed by atoms with van der Waals surface area (Å²) in [4.78, 5) is 12.5. The van der Waals surface area contributed by atoms with E-state index >= 15 is 0 Å². The Morgan fingerprint density at radius 1 is 0.871 bits per heavy atom. The van der Waals surface area contributed by atoms with E-state index in [1.54, 1.807) is 0 Å². The summed E-state index contributed by atoms with van der Waals surface area (Å²) in [6.45, 7) is -0.341. The first-order valence-corrected chi connectivity index (χ1v) is 9.04. The van der Waals surface area contributed by atoms with Crippen LogP contribution in [-0.2, 0) is 4.74 Å². The van der Waals surface area contributed by atoms with Crippen molar-refractivity contribution >= 4 is 11.0 Å². The van der Waals surface area contributed by atoms with E-state index in [0.717, 1.165) is 30.3 Å². The van der Waals surface area contributed by atoms with E-state index in [4.69, 9.17) is 13.9 Å². The minimum Gasteiger partial charge on any atom is -0.508 e. The van der Waals surface area contributed by atoms with Crippen LogP contribution in [0.2, 0.25) is 0 Å². The second kappa shape index (κ2) is 7.63. The molecule has 164 valence electrons. The lowest BCUT2D eigenvalue weighted by molar-refractivity contribution is -0.241. The molecule has 1 aliphatic rings. The lowest BCUT2D eigenvalue weighted by Crippen LogP contribution is -2.54. The largest absolute Gasteiger partial charge is 0.508 e. The predicted molar refractivity (Wildman–Crippen MR) is 103 cm³/mol. The van der Waals surface area contributed by atoms with Crippen molar-refractivity contribution in [2.75, 3.05) is 6.61 Å². The summed E-state index contributed by atoms with van der Waals surface area (Å²) in [6, 6.07) is 5.07. The Morgan fingerprint density at radius 2 is 1.58 bits per heavy atom. The first kappa shape index (κ1) is 20.8. The summed E-state index contributed by atoms with van der Waals surface area (Å²) >= 11 is 0. The van der Waals surface area contributed by atoms with Gasteiger partial charge in [-0.1, -0.05) is 0 Å². The molecule has 31 heavy (non-hydrogen) atoms. The maximum Gasteiger partial charge on any atom is 0.228 e. The molecule has 0 bridgehead atoms. The van der Waals surface area contributed by atoms with Crippen molar-refractivity contribution in [1.29, 1.82) is 0 Å². The standard InChI is InChI=1S/C20H18O11/c21-7-1-11(24)17-12(25)5-14(30-16(17)2-7)8-3-9(22)10(23)4-15(8)31-20-19(28)18(27)13(26)6-29-20/h1-5,13,18-24,26-28H,6H2/t13-,18-,19+,20-/m1/s1. The van der Waals surface area contributed by atoms with Crippen LogP contribution in [0.4, 0.5) is 0 Å². The van der Waals surface area contributed by atoms with E-state index in [0.29, 0.717) is 0 Å². The van der Waals surface area contributed by atoms with Crippen molar-refractivity contribution in [1.82, 2.24) is 0 Å². The normalized spacial score (nSPS) is 23.7. The number of aliphatic hydroxyl groups is 3. The van der Waals surface area contributed by atoms with Gasteiger partial charge < -0.3 is 49.6 Å². The Morgan fingerprint density at radius 3 is 2.32 bits per heavy atom. The topological polar surface area (TPSA) is 190 Å². The van der Waals surface area contributed by atoms with Gasteiger partial charge in [0.2, 0.25) is 6.29 Å². The number of rotatable bonds is 3. The molecule has 3 aromatic rings. The highest BCUT2D eigenvalue weighted by atomic mass is 16.7. The molecule has 0 saturated carbocycles. The van der Waals surface area contributed by atoms with Gasteiger partial charge in [0, 0.05) is 24.3 Å². The molecule has 0 radical (unpaired) electrons. The van der Waals surface area contributed by atoms with E-state index < -0.39 is 47.3 Å². The highest BCUT2D eigenvalue weighted by Crippen LogP contribution is 2.41. The van der Waals surface area contributed by atoms with Crippen molar-refractivity contribution in [3.8, 4) is 40.1 Å². The molecule has 1 fully saturated rings. The van der Waals surface area contributed by atoms with Crippen LogP contribution >= 0.6 is 0 Å². The molecule has 2 heterocycles. The molecule has 0 amide bonds. The third-order valence-electron chi connectivity index (χ3n) is 4.83. The van der Waals surface area contributed by atoms with Crippen LogP contribution in [0.1, 0.15) is 0 Å². The van der Waals surface area contributed by atoms with Gasteiger partial charge >= 0.3 is 0 Å². The van der Waals surface area contributed by atoms with Crippen molar-refractivity contribution in [3.05, 3.63) is 40.6 Å². The van der Waals surface area contributed by atoms with E-state index in [9.17, 15) is 40.5 Å². The molecule has 0 aliphatic carbocycles. The Balaban J connectivity index is 1.82. The highest BCUT2D eigenvalue weighted by molar-refractivity contribution is 5.86. The maximum absolute atomic E-state index is 12.5. The van der Waals surface area contributed by atoms with E-state index in [1.165, 1.54) is 0 Å². The lowest BCUT2D eigenvalue weighted by Gasteiger charge is -2.35. The molecule has 0 unspecified atom stereocenters. The van der Waals surface area contributed by atoms with Gasteiger partial charge in [-0.2, -0.15) is 0 Å². The molecule has 4 atom stereocenters. The third kappa shape index (κ3) is 3.70. The number of fused-ring (bicyclic) bond motifs is 1. The molecular weight excluding hydrogens is 416 g/mol. The zero-order chi connectivity index (χ0) is 22.4. The number of benzene rings is 2. The molecule has 2 aromatic carbocycles. The summed E-state index contributed by atoms with van der Waals surface area (Å²) in [5, 5.41) is 68.7. The highest BCUT2D eigenvalue weighted by Gasteiger charge is 2.39. The number of aromatic hydroxyl groups is 4. The molecule has 11 heteroatoms. The Hall–Kier alpha value is -3.51. The number of ether oxygens (including phenoxy) is 2. The quantitative estimate of drug-likeness (QED) is 0.277. The van der Waals surface area contributed by atoms with Gasteiger partial charge in [-0.15, -0.1) is 0 Å². The number of phenolic OH excluding ortho intramolecular Hbond substituents is 4. The summed E-state index contributed by atoms with van der Waals surface area (Å²) < 4.78 is 16.3. The number of aliphatic hydroxyl groups excluding tert-OH is 3. The van der Waals surface area contributed by atoms with Crippen molar-refractivity contribution in [2.24, 2.45) is 0 Å². The summed E-state index contributed by atoms with van der Waals surface area (Å²) in [5.74, 6) is -2.39. The van der Waals surface area contributed by atoms with E-state index in [1.807, 2.05) is 0 Å². The van der Waals surface area contributed by atoms with Gasteiger partial charge in [0.05, 0.1) is 12.2 Å². The van der Waals surface area contributed by atoms with Crippen LogP contribution in [0.15, 0.2) is 39.5 Å². The first-order chi connectivity index (χ1) is 14.7. The van der Waals surface area contributed by atoms with Crippen LogP contribution in [0, 0.1) is 0 Å². The molecule has 1 saturated heterocycles. The van der Waals surface area contributed by atoms with Crippen molar-refractivity contribution in [3.63, 3.8) is 0 Å². The minimum atomic E-state index is -1.65. The second-order valence-electron chi connectivity index (χ2n) is 7.02. The molecule has 1 aromatic heterocycles. The number of hydrogen-bond acceptors (Lipinski definition) is 11. The molecular formula is C20H18O11. The zero-order valence-corrected chi connectivity index (χ0v) is 15.7. The van der Waals surface area contributed by atoms with Crippen molar-refractivity contribution in [2.45, 2.75) is 24.6 Å². The SMILES string of the molecule is O=c1cc(-c2cc(O)c(O)cc2O[C@H]2OC[C@@H](O)[C@@H](O)[C@@H]2O)oc2cc(O)cc(O)c12. The van der Waals surface area contributed by atoms with E-state index in [2.05, 4.69) is 0 Å². The second-order valence-corrected chi connectivity index (χ2v) is 7.02. The van der Waals surface area contributed by atoms with Gasteiger partial charge in [-0.25, -0.2) is 0 Å². The van der Waals surface area contributed by atoms with Crippen molar-refractivity contribution < 1.29 is 49.6 Å². The molecule has 4 rings (SSSR count). The smallest absolute Gasteiger partial charge is 0.228 e. The first-order valence-electron chi connectivity index (χ1n) is 9.04. The lowest BCUT2D eigenvalue weighted by atomic mass is 10.1. The minimum absolute atomic E-state index is 0.0476. The van der Waals surface area contributed by atoms with E-state index in [-0.39, 0.29) is 40.4 Å². The maximum atomic E-state index is 12.5. The number of hydrogen-bond donors (Lipinski definition) is 7. The van der Waals surface area contributed by atoms with Gasteiger partial charge in [0.15, 0.2) is 16.9 Å². The van der Waals surface area contributed by atoms with Gasteiger partial charge in [-0.3, -0.25) is 4.79 Å². The Bertz CT molecular complexity index is 1200. The van der Waals surface area contributed by atoms with Crippen LogP contribution in [0.25, 0.3) is 22.3 Å². The fourth-order valence-electron chi connectivity index (χ4n) is 3.24. The zero-order valence-electron chi connectivity index (χ0n) is 15.7. The molecule has 11 nitrogen and oxygen atoms in total. The molecule has 7 N–H and O–H groups in total. The fraction of sp³-hybridized carbons (Fsp3) is 0.250. The van der Waals surface area contributed by atoms with Crippen LogP contribution < -0.4 is 10.2 Å². The number of phenols is 4. The van der Waals surface area contributed by atoms with Crippen LogP contribution in [0.5, 0.6) is 28.7 Å². The Kier molecular flexibility index (Phi) is 5.11. The van der Waals surface area contributed by atoms with Gasteiger partial charge in [0.1, 0.15) is 52.3 Å². The monoisotopic (exact) mass is 434 g/mol. The van der Waals surface area contributed by atoms with Crippen LogP contribution in [0.3, 0.4) is 0 Å². The molecule has 1 aliphatic heterocycles. The summed E-state index contributed by atoms with van der Waals surface area (Å²) in [5.41, 5.74) is -0.876. The summed E-state index contributed by atoms with van der Waals surface area (Å²) in [7, 11) is 0. The van der Waals surface area contributed by atoms with Crippen LogP contribution in [-0.4, -0.2) is 67.0 Å².